The molecule has 1 aliphatic carbocycles. The van der Waals surface area contributed by atoms with Crippen LogP contribution in [0.3, 0.4) is 0 Å². The van der Waals surface area contributed by atoms with Gasteiger partial charge in [0.2, 0.25) is 0 Å². The summed E-state index contributed by atoms with van der Waals surface area (Å²) in [4.78, 5) is 17.8. The van der Waals surface area contributed by atoms with Gasteiger partial charge in [0.05, 0.1) is 11.2 Å². The van der Waals surface area contributed by atoms with Gasteiger partial charge in [-0.15, -0.1) is 11.3 Å². The lowest BCUT2D eigenvalue weighted by Gasteiger charge is -2.28. The molecular formula is C18H22ClN3O2S. The molecule has 1 aromatic heterocycles. The van der Waals surface area contributed by atoms with E-state index in [1.54, 1.807) is 12.1 Å². The van der Waals surface area contributed by atoms with Gasteiger partial charge in [-0.25, -0.2) is 4.98 Å². The third-order valence-corrected chi connectivity index (χ3v) is 5.93. The zero-order valence-electron chi connectivity index (χ0n) is 14.2. The van der Waals surface area contributed by atoms with E-state index in [-0.39, 0.29) is 11.4 Å². The van der Waals surface area contributed by atoms with Crippen LogP contribution < -0.4 is 15.8 Å². The number of rotatable bonds is 6. The topological polar surface area (TPSA) is 77.2 Å². The predicted octanol–water partition coefficient (Wildman–Crippen LogP) is 3.69. The van der Waals surface area contributed by atoms with Crippen LogP contribution in [0.4, 0.5) is 0 Å². The van der Waals surface area contributed by atoms with Gasteiger partial charge in [-0.05, 0) is 44.0 Å². The molecule has 1 aliphatic rings. The number of nitrogens with one attached hydrogen (secondary N) is 1. The molecule has 1 saturated carbocycles. The van der Waals surface area contributed by atoms with E-state index in [1.807, 2.05) is 19.1 Å². The molecule has 0 unspecified atom stereocenters. The third-order valence-electron chi connectivity index (χ3n) is 4.55. The number of hydrogen-bond donors (Lipinski definition) is 2. The number of nitrogens with two attached hydrogens (primary N) is 1. The van der Waals surface area contributed by atoms with Crippen LogP contribution in [0.15, 0.2) is 24.3 Å². The Morgan fingerprint density at radius 2 is 2.04 bits per heavy atom. The van der Waals surface area contributed by atoms with Gasteiger partial charge in [0, 0.05) is 11.6 Å². The Morgan fingerprint density at radius 1 is 1.36 bits per heavy atom. The van der Waals surface area contributed by atoms with Crippen molar-refractivity contribution in [3.63, 3.8) is 0 Å². The van der Waals surface area contributed by atoms with E-state index in [0.29, 0.717) is 23.1 Å². The maximum Gasteiger partial charge on any atom is 0.263 e. The molecule has 3 rings (SSSR count). The molecule has 1 heterocycles. The summed E-state index contributed by atoms with van der Waals surface area (Å²) in [5.74, 6) is 0.636. The number of nitrogens with zero attached hydrogens (tertiary/aromatic N) is 1. The highest BCUT2D eigenvalue weighted by molar-refractivity contribution is 7.13. The Bertz CT molecular complexity index is 739. The molecule has 1 aromatic carbocycles. The molecule has 0 spiro atoms. The minimum absolute atomic E-state index is 0.0832. The van der Waals surface area contributed by atoms with Crippen molar-refractivity contribution < 1.29 is 9.53 Å². The van der Waals surface area contributed by atoms with Gasteiger partial charge in [0.25, 0.3) is 5.91 Å². The number of carbonyl (C=O) groups excluding carboxylic acids is 1. The lowest BCUT2D eigenvalue weighted by atomic mass is 9.98. The molecule has 134 valence electrons. The number of amides is 1. The number of ether oxygens (including phenoxy) is 1. The smallest absolute Gasteiger partial charge is 0.263 e. The van der Waals surface area contributed by atoms with Crippen LogP contribution in [0.1, 0.15) is 46.1 Å². The van der Waals surface area contributed by atoms with E-state index >= 15 is 0 Å². The highest BCUT2D eigenvalue weighted by Crippen LogP contribution is 2.30. The quantitative estimate of drug-likeness (QED) is 0.802. The second kappa shape index (κ2) is 7.72. The molecule has 1 amide bonds. The second-order valence-electron chi connectivity index (χ2n) is 6.41. The molecular weight excluding hydrogens is 358 g/mol. The number of hydrogen-bond acceptors (Lipinski definition) is 5. The highest BCUT2D eigenvalue weighted by Gasteiger charge is 2.34. The zero-order valence-corrected chi connectivity index (χ0v) is 15.8. The van der Waals surface area contributed by atoms with Crippen molar-refractivity contribution in [1.82, 2.24) is 10.3 Å². The maximum absolute atomic E-state index is 12.7. The van der Waals surface area contributed by atoms with Crippen LogP contribution in [0.2, 0.25) is 5.02 Å². The fourth-order valence-corrected chi connectivity index (χ4v) is 4.13. The molecule has 0 bridgehead atoms. The van der Waals surface area contributed by atoms with E-state index in [0.717, 1.165) is 42.1 Å². The largest absolute Gasteiger partial charge is 0.486 e. The molecule has 25 heavy (non-hydrogen) atoms. The first kappa shape index (κ1) is 18.2. The van der Waals surface area contributed by atoms with Gasteiger partial charge < -0.3 is 15.8 Å². The lowest BCUT2D eigenvalue weighted by molar-refractivity contribution is 0.0906. The number of benzene rings is 1. The van der Waals surface area contributed by atoms with Crippen molar-refractivity contribution in [1.29, 1.82) is 0 Å². The van der Waals surface area contributed by atoms with Crippen molar-refractivity contribution >= 4 is 28.8 Å². The van der Waals surface area contributed by atoms with Crippen LogP contribution in [0.25, 0.3) is 0 Å². The van der Waals surface area contributed by atoms with E-state index in [2.05, 4.69) is 10.3 Å². The molecule has 1 fully saturated rings. The van der Waals surface area contributed by atoms with Crippen LogP contribution in [0, 0.1) is 6.92 Å². The molecule has 0 saturated heterocycles. The van der Waals surface area contributed by atoms with Crippen molar-refractivity contribution in [3.05, 3.63) is 44.9 Å². The first-order valence-corrected chi connectivity index (χ1v) is 9.58. The van der Waals surface area contributed by atoms with Crippen molar-refractivity contribution in [2.24, 2.45) is 5.73 Å². The fraction of sp³-hybridized carbons (Fsp3) is 0.444. The summed E-state index contributed by atoms with van der Waals surface area (Å²) in [6.07, 6.45) is 4.11. The Kier molecular flexibility index (Phi) is 5.61. The summed E-state index contributed by atoms with van der Waals surface area (Å²) >= 11 is 7.23. The number of thiazole rings is 1. The summed E-state index contributed by atoms with van der Waals surface area (Å²) < 4.78 is 5.71. The van der Waals surface area contributed by atoms with Crippen LogP contribution in [-0.2, 0) is 6.61 Å². The fourth-order valence-electron chi connectivity index (χ4n) is 3.13. The number of halogens is 1. The Morgan fingerprint density at radius 3 is 2.68 bits per heavy atom. The average molecular weight is 380 g/mol. The first-order valence-electron chi connectivity index (χ1n) is 8.39. The summed E-state index contributed by atoms with van der Waals surface area (Å²) in [5.41, 5.74) is 6.37. The average Bonchev–Trinajstić information content (AvgIpc) is 3.21. The molecule has 5 nitrogen and oxygen atoms in total. The van der Waals surface area contributed by atoms with Crippen LogP contribution in [-0.4, -0.2) is 23.0 Å². The molecule has 0 aliphatic heterocycles. The van der Waals surface area contributed by atoms with Gasteiger partial charge in [-0.2, -0.15) is 0 Å². The minimum atomic E-state index is -0.256. The Labute approximate surface area is 156 Å². The summed E-state index contributed by atoms with van der Waals surface area (Å²) in [5, 5.41) is 4.58. The van der Waals surface area contributed by atoms with Crippen LogP contribution >= 0.6 is 22.9 Å². The molecule has 2 aromatic rings. The number of aromatic nitrogens is 1. The van der Waals surface area contributed by atoms with Crippen molar-refractivity contribution in [2.75, 3.05) is 6.54 Å². The molecule has 0 atom stereocenters. The number of aryl methyl sites for hydroxylation is 1. The standard InChI is InChI=1S/C18H22ClN3O2S/c1-12-16(17(23)22-18(11-20)8-2-3-9-18)25-15(21-12)10-24-14-6-4-13(19)5-7-14/h4-7H,2-3,8-11,20H2,1H3,(H,22,23). The summed E-state index contributed by atoms with van der Waals surface area (Å²) in [7, 11) is 0. The van der Waals surface area contributed by atoms with Crippen molar-refractivity contribution in [3.8, 4) is 5.75 Å². The zero-order chi connectivity index (χ0) is 17.9. The number of carbonyl (C=O) groups is 1. The Balaban J connectivity index is 1.65. The van der Waals surface area contributed by atoms with Gasteiger partial charge in [0.15, 0.2) is 0 Å². The summed E-state index contributed by atoms with van der Waals surface area (Å²) in [6, 6.07) is 7.16. The molecule has 3 N–H and O–H groups in total. The van der Waals surface area contributed by atoms with Gasteiger partial charge >= 0.3 is 0 Å². The van der Waals surface area contributed by atoms with E-state index < -0.39 is 0 Å². The first-order chi connectivity index (χ1) is 12.0. The normalized spacial score (nSPS) is 16.0. The van der Waals surface area contributed by atoms with Gasteiger partial charge in [-0.1, -0.05) is 24.4 Å². The second-order valence-corrected chi connectivity index (χ2v) is 7.93. The Hall–Kier alpha value is -1.63. The van der Waals surface area contributed by atoms with Crippen LogP contribution in [0.5, 0.6) is 5.75 Å². The van der Waals surface area contributed by atoms with Gasteiger partial charge in [0.1, 0.15) is 22.2 Å². The summed E-state index contributed by atoms with van der Waals surface area (Å²) in [6.45, 7) is 2.65. The predicted molar refractivity (Wildman–Crippen MR) is 100 cm³/mol. The van der Waals surface area contributed by atoms with E-state index in [9.17, 15) is 4.79 Å². The lowest BCUT2D eigenvalue weighted by Crippen LogP contribution is -2.51. The minimum Gasteiger partial charge on any atom is -0.486 e. The van der Waals surface area contributed by atoms with Gasteiger partial charge in [-0.3, -0.25) is 4.79 Å². The third kappa shape index (κ3) is 4.32. The monoisotopic (exact) mass is 379 g/mol. The molecule has 7 heteroatoms. The highest BCUT2D eigenvalue weighted by atomic mass is 35.5. The van der Waals surface area contributed by atoms with E-state index in [1.165, 1.54) is 11.3 Å². The van der Waals surface area contributed by atoms with E-state index in [4.69, 9.17) is 22.1 Å². The molecule has 0 radical (unpaired) electrons. The maximum atomic E-state index is 12.7. The SMILES string of the molecule is Cc1nc(COc2ccc(Cl)cc2)sc1C(=O)NC1(CN)CCCC1. The van der Waals surface area contributed by atoms with Crippen molar-refractivity contribution in [2.45, 2.75) is 44.8 Å².